The molecule has 50 valence electrons. The fourth-order valence-corrected chi connectivity index (χ4v) is 1.31. The van der Waals surface area contributed by atoms with Gasteiger partial charge in [-0.05, 0) is 23.9 Å². The van der Waals surface area contributed by atoms with E-state index in [0.717, 1.165) is 0 Å². The summed E-state index contributed by atoms with van der Waals surface area (Å²) in [6, 6.07) is 0. The van der Waals surface area contributed by atoms with Gasteiger partial charge in [0.1, 0.15) is 0 Å². The van der Waals surface area contributed by atoms with Crippen LogP contribution in [0, 0.1) is 10.8 Å². The van der Waals surface area contributed by atoms with Crippen LogP contribution in [0.4, 0.5) is 0 Å². The molecule has 0 saturated heterocycles. The van der Waals surface area contributed by atoms with Crippen LogP contribution >= 0.6 is 0 Å². The van der Waals surface area contributed by atoms with E-state index in [1.165, 1.54) is 31.9 Å². The number of hydrogen-bond donors (Lipinski definition) is 0. The molecule has 0 N–H and O–H groups in total. The Morgan fingerprint density at radius 3 is 2.56 bits per heavy atom. The molecule has 9 heavy (non-hydrogen) atoms. The van der Waals surface area contributed by atoms with Crippen molar-refractivity contribution in [3.63, 3.8) is 0 Å². The van der Waals surface area contributed by atoms with E-state index in [2.05, 4.69) is 5.18 Å². The van der Waals surface area contributed by atoms with Crippen LogP contribution in [0.25, 0.3) is 0 Å². The quantitative estimate of drug-likeness (QED) is 0.521. The van der Waals surface area contributed by atoms with Gasteiger partial charge in [-0.3, -0.25) is 0 Å². The van der Waals surface area contributed by atoms with Crippen LogP contribution in [0.1, 0.15) is 25.7 Å². The second-order valence-corrected chi connectivity index (χ2v) is 2.49. The predicted octanol–water partition coefficient (Wildman–Crippen LogP) is 2.46. The molecule has 0 aromatic heterocycles. The molecular weight excluding hydrogens is 114 g/mol. The van der Waals surface area contributed by atoms with Crippen LogP contribution in [0.3, 0.4) is 0 Å². The van der Waals surface area contributed by atoms with Crippen molar-refractivity contribution in [2.75, 3.05) is 0 Å². The highest BCUT2D eigenvalue weighted by Crippen LogP contribution is 2.25. The average molecular weight is 125 g/mol. The molecule has 0 amide bonds. The summed E-state index contributed by atoms with van der Waals surface area (Å²) in [7, 11) is 0. The van der Waals surface area contributed by atoms with Crippen LogP contribution in [0.5, 0.6) is 0 Å². The largest absolute Gasteiger partial charge is 0.145 e. The van der Waals surface area contributed by atoms with E-state index < -0.39 is 0 Å². The summed E-state index contributed by atoms with van der Waals surface area (Å²) in [5.41, 5.74) is 0. The van der Waals surface area contributed by atoms with Crippen molar-refractivity contribution in [1.29, 1.82) is 0 Å². The van der Waals surface area contributed by atoms with Crippen molar-refractivity contribution in [3.8, 4) is 0 Å². The van der Waals surface area contributed by atoms with E-state index in [1.807, 2.05) is 6.08 Å². The number of nitrogens with zero attached hydrogens (tertiary/aromatic N) is 1. The van der Waals surface area contributed by atoms with Gasteiger partial charge in [0.2, 0.25) is 0 Å². The SMILES string of the molecule is O=N/C=C\C1CCCC1. The summed E-state index contributed by atoms with van der Waals surface area (Å²) in [6.07, 6.45) is 8.40. The molecule has 2 heteroatoms. The van der Waals surface area contributed by atoms with Gasteiger partial charge in [0.15, 0.2) is 0 Å². The zero-order valence-corrected chi connectivity index (χ0v) is 5.42. The Hall–Kier alpha value is -0.660. The van der Waals surface area contributed by atoms with Gasteiger partial charge < -0.3 is 0 Å². The highest BCUT2D eigenvalue weighted by Gasteiger charge is 2.10. The first-order valence-corrected chi connectivity index (χ1v) is 3.42. The van der Waals surface area contributed by atoms with Crippen molar-refractivity contribution >= 4 is 0 Å². The molecule has 0 atom stereocenters. The van der Waals surface area contributed by atoms with Crippen LogP contribution in [0.2, 0.25) is 0 Å². The number of nitroso groups, excluding NO2 is 1. The summed E-state index contributed by atoms with van der Waals surface area (Å²) < 4.78 is 0. The third kappa shape index (κ3) is 1.96. The summed E-state index contributed by atoms with van der Waals surface area (Å²) >= 11 is 0. The molecule has 1 fully saturated rings. The standard InChI is InChI=1S/C7H11NO/c9-8-6-5-7-3-1-2-4-7/h5-7H,1-4H2/b6-5-. The van der Waals surface area contributed by atoms with E-state index in [1.54, 1.807) is 0 Å². The highest BCUT2D eigenvalue weighted by molar-refractivity contribution is 4.88. The molecule has 1 aliphatic carbocycles. The second kappa shape index (κ2) is 3.38. The molecule has 0 radical (unpaired) electrons. The minimum absolute atomic E-state index is 0.641. The van der Waals surface area contributed by atoms with Gasteiger partial charge in [-0.2, -0.15) is 0 Å². The maximum Gasteiger partial charge on any atom is 0.0677 e. The first kappa shape index (κ1) is 6.46. The summed E-state index contributed by atoms with van der Waals surface area (Å²) in [6.45, 7) is 0. The van der Waals surface area contributed by atoms with Crippen LogP contribution in [-0.4, -0.2) is 0 Å². The monoisotopic (exact) mass is 125 g/mol. The Balaban J connectivity index is 2.25. The zero-order chi connectivity index (χ0) is 6.53. The summed E-state index contributed by atoms with van der Waals surface area (Å²) in [5, 5.41) is 2.67. The Kier molecular flexibility index (Phi) is 2.43. The minimum Gasteiger partial charge on any atom is -0.145 e. The van der Waals surface area contributed by atoms with E-state index >= 15 is 0 Å². The van der Waals surface area contributed by atoms with Gasteiger partial charge in [-0.25, -0.2) is 0 Å². The molecule has 0 aromatic rings. The zero-order valence-electron chi connectivity index (χ0n) is 5.42. The van der Waals surface area contributed by atoms with Crippen molar-refractivity contribution < 1.29 is 0 Å². The first-order chi connectivity index (χ1) is 4.43. The van der Waals surface area contributed by atoms with Crippen LogP contribution < -0.4 is 0 Å². The lowest BCUT2D eigenvalue weighted by molar-refractivity contribution is 0.684. The van der Waals surface area contributed by atoms with Crippen molar-refractivity contribution in [1.82, 2.24) is 0 Å². The van der Waals surface area contributed by atoms with E-state index in [9.17, 15) is 4.91 Å². The molecule has 2 nitrogen and oxygen atoms in total. The third-order valence-corrected chi connectivity index (χ3v) is 1.82. The van der Waals surface area contributed by atoms with Crippen molar-refractivity contribution in [3.05, 3.63) is 17.2 Å². The normalized spacial score (nSPS) is 21.3. The Morgan fingerprint density at radius 2 is 2.00 bits per heavy atom. The van der Waals surface area contributed by atoms with Crippen LogP contribution in [0.15, 0.2) is 17.5 Å². The molecule has 0 aliphatic heterocycles. The smallest absolute Gasteiger partial charge is 0.0677 e. The summed E-state index contributed by atoms with van der Waals surface area (Å²) in [4.78, 5) is 9.62. The third-order valence-electron chi connectivity index (χ3n) is 1.82. The molecule has 0 heterocycles. The van der Waals surface area contributed by atoms with E-state index in [4.69, 9.17) is 0 Å². The average Bonchev–Trinajstić information content (AvgIpc) is 2.34. The molecule has 0 unspecified atom stereocenters. The van der Waals surface area contributed by atoms with Crippen molar-refractivity contribution in [2.45, 2.75) is 25.7 Å². The van der Waals surface area contributed by atoms with Gasteiger partial charge in [0.05, 0.1) is 6.20 Å². The fraction of sp³-hybridized carbons (Fsp3) is 0.714. The first-order valence-electron chi connectivity index (χ1n) is 3.42. The molecule has 1 aliphatic rings. The maximum atomic E-state index is 9.62. The Morgan fingerprint density at radius 1 is 1.33 bits per heavy atom. The number of allylic oxidation sites excluding steroid dienone is 1. The van der Waals surface area contributed by atoms with Gasteiger partial charge in [0.25, 0.3) is 0 Å². The lowest BCUT2D eigenvalue weighted by atomic mass is 10.1. The fourth-order valence-electron chi connectivity index (χ4n) is 1.31. The number of hydrogen-bond acceptors (Lipinski definition) is 2. The minimum atomic E-state index is 0.641. The molecule has 0 aromatic carbocycles. The molecule has 1 saturated carbocycles. The van der Waals surface area contributed by atoms with Gasteiger partial charge in [-0.15, -0.1) is 4.91 Å². The topological polar surface area (TPSA) is 29.4 Å². The van der Waals surface area contributed by atoms with E-state index in [-0.39, 0.29) is 0 Å². The Bertz CT molecular complexity index is 114. The molecule has 0 bridgehead atoms. The lowest BCUT2D eigenvalue weighted by Gasteiger charge is -1.95. The van der Waals surface area contributed by atoms with Crippen molar-refractivity contribution in [2.24, 2.45) is 11.1 Å². The predicted molar refractivity (Wildman–Crippen MR) is 36.9 cm³/mol. The lowest BCUT2D eigenvalue weighted by Crippen LogP contribution is -1.83. The van der Waals surface area contributed by atoms with Gasteiger partial charge in [0, 0.05) is 0 Å². The maximum absolute atomic E-state index is 9.62. The highest BCUT2D eigenvalue weighted by atomic mass is 16.2. The molecular formula is C7H11NO. The molecule has 1 rings (SSSR count). The molecule has 0 spiro atoms. The van der Waals surface area contributed by atoms with E-state index in [0.29, 0.717) is 5.92 Å². The van der Waals surface area contributed by atoms with Crippen LogP contribution in [-0.2, 0) is 0 Å². The Labute approximate surface area is 54.9 Å². The van der Waals surface area contributed by atoms with Gasteiger partial charge in [-0.1, -0.05) is 18.9 Å². The number of rotatable bonds is 2. The summed E-state index contributed by atoms with van der Waals surface area (Å²) in [5.74, 6) is 0.641. The second-order valence-electron chi connectivity index (χ2n) is 2.49. The van der Waals surface area contributed by atoms with Gasteiger partial charge >= 0.3 is 0 Å².